The molecule has 0 spiro atoms. The minimum absolute atomic E-state index is 0.0345. The Morgan fingerprint density at radius 1 is 1.00 bits per heavy atom. The molecule has 0 saturated carbocycles. The molecule has 33 heavy (non-hydrogen) atoms. The summed E-state index contributed by atoms with van der Waals surface area (Å²) in [5.41, 5.74) is 2.06. The summed E-state index contributed by atoms with van der Waals surface area (Å²) in [5, 5.41) is 9.43. The maximum absolute atomic E-state index is 12.2. The molecule has 0 aliphatic carbocycles. The standard InChI is InChI=1S/C24H21Cl2N3O3S/c1-2-3-22(30)27-16-5-7-17(8-6-16)28-24(33)29-23(31)13-10-18-9-12-21(32-18)19-11-4-15(25)14-20(19)26/h4-14H,2-3H2,1H3,(H,27,30)(H2,28,29,31,33)/b13-10+. The van der Waals surface area contributed by atoms with Crippen LogP contribution in [-0.4, -0.2) is 16.9 Å². The summed E-state index contributed by atoms with van der Waals surface area (Å²) >= 11 is 17.3. The molecule has 170 valence electrons. The zero-order chi connectivity index (χ0) is 23.8. The summed E-state index contributed by atoms with van der Waals surface area (Å²) in [5.74, 6) is 0.583. The third-order valence-electron chi connectivity index (χ3n) is 4.36. The molecule has 3 rings (SSSR count). The van der Waals surface area contributed by atoms with Gasteiger partial charge in [0, 0.05) is 34.5 Å². The number of furan rings is 1. The molecule has 0 saturated heterocycles. The quantitative estimate of drug-likeness (QED) is 0.253. The van der Waals surface area contributed by atoms with Crippen LogP contribution >= 0.6 is 35.4 Å². The average molecular weight is 502 g/mol. The first-order valence-electron chi connectivity index (χ1n) is 10.1. The first-order chi connectivity index (χ1) is 15.8. The number of hydrogen-bond donors (Lipinski definition) is 3. The van der Waals surface area contributed by atoms with Gasteiger partial charge in [0.2, 0.25) is 11.8 Å². The van der Waals surface area contributed by atoms with Crippen molar-refractivity contribution in [1.29, 1.82) is 0 Å². The number of thiocarbonyl (C=S) groups is 1. The topological polar surface area (TPSA) is 83.4 Å². The summed E-state index contributed by atoms with van der Waals surface area (Å²) in [6.07, 6.45) is 4.09. The number of amides is 2. The van der Waals surface area contributed by atoms with Gasteiger partial charge >= 0.3 is 0 Å². The SMILES string of the molecule is CCCC(=O)Nc1ccc(NC(=S)NC(=O)/C=C/c2ccc(-c3ccc(Cl)cc3Cl)o2)cc1. The molecule has 3 N–H and O–H groups in total. The summed E-state index contributed by atoms with van der Waals surface area (Å²) in [6, 6.07) is 15.6. The number of nitrogens with one attached hydrogen (secondary N) is 3. The van der Waals surface area contributed by atoms with E-state index in [0.717, 1.165) is 6.42 Å². The molecular formula is C24H21Cl2N3O3S. The van der Waals surface area contributed by atoms with Crippen molar-refractivity contribution >= 4 is 69.8 Å². The van der Waals surface area contributed by atoms with Crippen LogP contribution in [0.5, 0.6) is 0 Å². The van der Waals surface area contributed by atoms with Gasteiger partial charge in [-0.15, -0.1) is 0 Å². The van der Waals surface area contributed by atoms with E-state index in [4.69, 9.17) is 39.8 Å². The lowest BCUT2D eigenvalue weighted by Crippen LogP contribution is -2.32. The van der Waals surface area contributed by atoms with E-state index >= 15 is 0 Å². The van der Waals surface area contributed by atoms with Crippen LogP contribution in [0.25, 0.3) is 17.4 Å². The van der Waals surface area contributed by atoms with Crippen molar-refractivity contribution in [3.8, 4) is 11.3 Å². The Balaban J connectivity index is 1.52. The number of anilines is 2. The third kappa shape index (κ3) is 7.46. The average Bonchev–Trinajstić information content (AvgIpc) is 3.22. The van der Waals surface area contributed by atoms with Crippen LogP contribution in [-0.2, 0) is 9.59 Å². The van der Waals surface area contributed by atoms with Crippen LogP contribution in [0.3, 0.4) is 0 Å². The zero-order valence-electron chi connectivity index (χ0n) is 17.7. The van der Waals surface area contributed by atoms with Gasteiger partial charge in [0.25, 0.3) is 0 Å². The van der Waals surface area contributed by atoms with Gasteiger partial charge in [0.1, 0.15) is 11.5 Å². The zero-order valence-corrected chi connectivity index (χ0v) is 20.0. The first kappa shape index (κ1) is 24.5. The molecule has 1 heterocycles. The van der Waals surface area contributed by atoms with Crippen LogP contribution in [0.2, 0.25) is 10.0 Å². The normalized spacial score (nSPS) is 10.8. The van der Waals surface area contributed by atoms with Crippen LogP contribution in [0, 0.1) is 0 Å². The van der Waals surface area contributed by atoms with Crippen molar-refractivity contribution in [2.24, 2.45) is 0 Å². The van der Waals surface area contributed by atoms with Gasteiger partial charge in [-0.3, -0.25) is 14.9 Å². The molecule has 2 aromatic carbocycles. The van der Waals surface area contributed by atoms with Crippen LogP contribution < -0.4 is 16.0 Å². The van der Waals surface area contributed by atoms with E-state index in [2.05, 4.69) is 16.0 Å². The molecule has 9 heteroatoms. The number of carbonyl (C=O) groups is 2. The summed E-state index contributed by atoms with van der Waals surface area (Å²) in [7, 11) is 0. The number of carbonyl (C=O) groups excluding carboxylic acids is 2. The van der Waals surface area contributed by atoms with E-state index in [9.17, 15) is 9.59 Å². The lowest BCUT2D eigenvalue weighted by Gasteiger charge is -2.09. The molecule has 6 nitrogen and oxygen atoms in total. The van der Waals surface area contributed by atoms with Gasteiger partial charge in [0.15, 0.2) is 5.11 Å². The molecule has 0 bridgehead atoms. The van der Waals surface area contributed by atoms with Gasteiger partial charge in [0.05, 0.1) is 5.02 Å². The Labute approximate surface area is 207 Å². The van der Waals surface area contributed by atoms with Crippen molar-refractivity contribution < 1.29 is 14.0 Å². The van der Waals surface area contributed by atoms with E-state index in [1.807, 2.05) is 6.92 Å². The van der Waals surface area contributed by atoms with Gasteiger partial charge in [-0.25, -0.2) is 0 Å². The predicted molar refractivity (Wildman–Crippen MR) is 138 cm³/mol. The Bertz CT molecular complexity index is 1190. The Morgan fingerprint density at radius 3 is 2.36 bits per heavy atom. The molecule has 0 aliphatic rings. The number of rotatable bonds is 7. The van der Waals surface area contributed by atoms with Crippen LogP contribution in [0.4, 0.5) is 11.4 Å². The van der Waals surface area contributed by atoms with E-state index < -0.39 is 5.91 Å². The monoisotopic (exact) mass is 501 g/mol. The molecule has 0 radical (unpaired) electrons. The molecular weight excluding hydrogens is 481 g/mol. The maximum atomic E-state index is 12.2. The molecule has 0 aliphatic heterocycles. The smallest absolute Gasteiger partial charge is 0.250 e. The minimum Gasteiger partial charge on any atom is -0.457 e. The van der Waals surface area contributed by atoms with E-state index in [1.54, 1.807) is 54.6 Å². The lowest BCUT2D eigenvalue weighted by molar-refractivity contribution is -0.116. The summed E-state index contributed by atoms with van der Waals surface area (Å²) in [6.45, 7) is 1.94. The van der Waals surface area contributed by atoms with E-state index in [0.29, 0.717) is 44.9 Å². The maximum Gasteiger partial charge on any atom is 0.250 e. The summed E-state index contributed by atoms with van der Waals surface area (Å²) < 4.78 is 5.72. The van der Waals surface area contributed by atoms with Crippen molar-refractivity contribution in [3.05, 3.63) is 76.5 Å². The summed E-state index contributed by atoms with van der Waals surface area (Å²) in [4.78, 5) is 23.8. The molecule has 2 amide bonds. The van der Waals surface area contributed by atoms with Crippen molar-refractivity contribution in [1.82, 2.24) is 5.32 Å². The van der Waals surface area contributed by atoms with Crippen LogP contribution in [0.1, 0.15) is 25.5 Å². The largest absolute Gasteiger partial charge is 0.457 e. The molecule has 0 unspecified atom stereocenters. The predicted octanol–water partition coefficient (Wildman–Crippen LogP) is 6.52. The Morgan fingerprint density at radius 2 is 1.70 bits per heavy atom. The second kappa shape index (κ2) is 11.7. The molecule has 3 aromatic rings. The first-order valence-corrected chi connectivity index (χ1v) is 11.3. The number of halogens is 2. The van der Waals surface area contributed by atoms with E-state index in [-0.39, 0.29) is 11.0 Å². The third-order valence-corrected chi connectivity index (χ3v) is 5.11. The van der Waals surface area contributed by atoms with Crippen LogP contribution in [0.15, 0.2) is 65.1 Å². The highest BCUT2D eigenvalue weighted by molar-refractivity contribution is 7.80. The second-order valence-corrected chi connectivity index (χ2v) is 8.23. The van der Waals surface area contributed by atoms with Crippen molar-refractivity contribution in [2.45, 2.75) is 19.8 Å². The fraction of sp³-hybridized carbons (Fsp3) is 0.125. The number of benzene rings is 2. The van der Waals surface area contributed by atoms with Gasteiger partial charge in [-0.1, -0.05) is 30.1 Å². The highest BCUT2D eigenvalue weighted by Gasteiger charge is 2.09. The Kier molecular flexibility index (Phi) is 8.65. The minimum atomic E-state index is -0.418. The highest BCUT2D eigenvalue weighted by atomic mass is 35.5. The van der Waals surface area contributed by atoms with Gasteiger partial charge < -0.3 is 15.1 Å². The van der Waals surface area contributed by atoms with Crippen molar-refractivity contribution in [2.75, 3.05) is 10.6 Å². The fourth-order valence-electron chi connectivity index (χ4n) is 2.84. The Hall–Kier alpha value is -3.13. The lowest BCUT2D eigenvalue weighted by atomic mass is 10.2. The van der Waals surface area contributed by atoms with E-state index in [1.165, 1.54) is 12.2 Å². The molecule has 1 aromatic heterocycles. The van der Waals surface area contributed by atoms with Crippen molar-refractivity contribution in [3.63, 3.8) is 0 Å². The second-order valence-electron chi connectivity index (χ2n) is 6.98. The number of hydrogen-bond acceptors (Lipinski definition) is 4. The molecule has 0 fully saturated rings. The highest BCUT2D eigenvalue weighted by Crippen LogP contribution is 2.31. The molecule has 0 atom stereocenters. The van der Waals surface area contributed by atoms with Gasteiger partial charge in [-0.2, -0.15) is 0 Å². The van der Waals surface area contributed by atoms with Gasteiger partial charge in [-0.05, 0) is 79.3 Å². The fourth-order valence-corrected chi connectivity index (χ4v) is 3.56.